The maximum absolute atomic E-state index is 12.5. The molecule has 138 valence electrons. The van der Waals surface area contributed by atoms with Gasteiger partial charge in [-0.25, -0.2) is 0 Å². The summed E-state index contributed by atoms with van der Waals surface area (Å²) in [4.78, 5) is 24.3. The topological polar surface area (TPSA) is 84.2 Å². The Morgan fingerprint density at radius 1 is 1.12 bits per heavy atom. The Kier molecular flexibility index (Phi) is 6.47. The number of carbonyl (C=O) groups excluding carboxylic acids is 2. The quantitative estimate of drug-likeness (QED) is 0.748. The van der Waals surface area contributed by atoms with Crippen LogP contribution >= 0.6 is 12.4 Å². The maximum Gasteiger partial charge on any atom is 0.240 e. The standard InChI is InChI=1S/C19H27N3O2.ClH/c1-13(21-18(24)19(20)11-3-2-4-12-19)14-7-9-16(10-8-14)22-17(23)15-5-6-15;/h7-10,13,15H,2-6,11-12,20H2,1H3,(H,21,24)(H,22,23);1H. The third-order valence-electron chi connectivity index (χ3n) is 5.17. The van der Waals surface area contributed by atoms with Gasteiger partial charge in [0.2, 0.25) is 11.8 Å². The van der Waals surface area contributed by atoms with Crippen molar-refractivity contribution in [2.24, 2.45) is 11.7 Å². The van der Waals surface area contributed by atoms with Gasteiger partial charge in [-0.05, 0) is 50.3 Å². The van der Waals surface area contributed by atoms with Gasteiger partial charge in [-0.15, -0.1) is 12.4 Å². The highest BCUT2D eigenvalue weighted by Gasteiger charge is 2.35. The Bertz CT molecular complexity index is 608. The summed E-state index contributed by atoms with van der Waals surface area (Å²) in [6.07, 6.45) is 6.72. The zero-order valence-corrected chi connectivity index (χ0v) is 15.5. The van der Waals surface area contributed by atoms with Crippen molar-refractivity contribution in [3.63, 3.8) is 0 Å². The van der Waals surface area contributed by atoms with Gasteiger partial charge in [-0.2, -0.15) is 0 Å². The molecule has 4 N–H and O–H groups in total. The molecule has 0 heterocycles. The van der Waals surface area contributed by atoms with Gasteiger partial charge in [-0.3, -0.25) is 9.59 Å². The van der Waals surface area contributed by atoms with Crippen molar-refractivity contribution in [2.45, 2.75) is 63.5 Å². The molecule has 3 rings (SSSR count). The van der Waals surface area contributed by atoms with Crippen LogP contribution in [0.25, 0.3) is 0 Å². The molecule has 1 aromatic rings. The number of hydrogen-bond acceptors (Lipinski definition) is 3. The molecule has 2 aliphatic rings. The minimum atomic E-state index is -0.718. The van der Waals surface area contributed by atoms with Crippen molar-refractivity contribution in [1.82, 2.24) is 5.32 Å². The number of hydrogen-bond donors (Lipinski definition) is 3. The van der Waals surface area contributed by atoms with E-state index in [0.29, 0.717) is 0 Å². The second-order valence-corrected chi connectivity index (χ2v) is 7.30. The largest absolute Gasteiger partial charge is 0.348 e. The van der Waals surface area contributed by atoms with E-state index in [1.54, 1.807) is 0 Å². The summed E-state index contributed by atoms with van der Waals surface area (Å²) in [5.41, 5.74) is 7.37. The van der Waals surface area contributed by atoms with Gasteiger partial charge < -0.3 is 16.4 Å². The normalized spacial score (nSPS) is 20.1. The third-order valence-corrected chi connectivity index (χ3v) is 5.17. The summed E-state index contributed by atoms with van der Waals surface area (Å²) in [6.45, 7) is 1.96. The van der Waals surface area contributed by atoms with Crippen LogP contribution in [0.1, 0.15) is 63.5 Å². The Morgan fingerprint density at radius 2 is 1.72 bits per heavy atom. The van der Waals surface area contributed by atoms with Gasteiger partial charge in [0.15, 0.2) is 0 Å². The van der Waals surface area contributed by atoms with Gasteiger partial charge in [0.05, 0.1) is 11.6 Å². The predicted octanol–water partition coefficient (Wildman–Crippen LogP) is 3.30. The van der Waals surface area contributed by atoms with Crippen molar-refractivity contribution in [2.75, 3.05) is 5.32 Å². The van der Waals surface area contributed by atoms with E-state index >= 15 is 0 Å². The molecule has 2 fully saturated rings. The lowest BCUT2D eigenvalue weighted by Crippen LogP contribution is -2.55. The first-order valence-electron chi connectivity index (χ1n) is 8.99. The van der Waals surface area contributed by atoms with Crippen molar-refractivity contribution in [1.29, 1.82) is 0 Å². The second-order valence-electron chi connectivity index (χ2n) is 7.30. The molecule has 1 aromatic carbocycles. The van der Waals surface area contributed by atoms with Crippen LogP contribution < -0.4 is 16.4 Å². The monoisotopic (exact) mass is 365 g/mol. The second kappa shape index (κ2) is 8.19. The Labute approximate surface area is 155 Å². The van der Waals surface area contributed by atoms with Crippen LogP contribution in [-0.2, 0) is 9.59 Å². The van der Waals surface area contributed by atoms with Crippen LogP contribution in [0.4, 0.5) is 5.69 Å². The average Bonchev–Trinajstić information content (AvgIpc) is 3.41. The summed E-state index contributed by atoms with van der Waals surface area (Å²) < 4.78 is 0. The van der Waals surface area contributed by atoms with Crippen molar-refractivity contribution < 1.29 is 9.59 Å². The third kappa shape index (κ3) is 4.95. The molecular formula is C19H28ClN3O2. The average molecular weight is 366 g/mol. The number of nitrogens with two attached hydrogens (primary N) is 1. The van der Waals surface area contributed by atoms with Crippen LogP contribution in [0, 0.1) is 5.92 Å². The van der Waals surface area contributed by atoms with E-state index in [-0.39, 0.29) is 36.2 Å². The number of carbonyl (C=O) groups is 2. The highest BCUT2D eigenvalue weighted by molar-refractivity contribution is 5.94. The van der Waals surface area contributed by atoms with Crippen LogP contribution in [0.3, 0.4) is 0 Å². The number of benzene rings is 1. The first-order chi connectivity index (χ1) is 11.5. The molecule has 6 heteroatoms. The molecule has 0 saturated heterocycles. The first kappa shape index (κ1) is 19.7. The lowest BCUT2D eigenvalue weighted by molar-refractivity contribution is -0.128. The van der Waals surface area contributed by atoms with E-state index in [9.17, 15) is 9.59 Å². The minimum absolute atomic E-state index is 0. The molecule has 25 heavy (non-hydrogen) atoms. The fourth-order valence-electron chi connectivity index (χ4n) is 3.28. The molecule has 2 amide bonds. The van der Waals surface area contributed by atoms with Crippen LogP contribution in [0.2, 0.25) is 0 Å². The number of amides is 2. The molecule has 0 aliphatic heterocycles. The number of rotatable bonds is 5. The van der Waals surface area contributed by atoms with Crippen molar-refractivity contribution in [3.05, 3.63) is 29.8 Å². The van der Waals surface area contributed by atoms with E-state index in [4.69, 9.17) is 5.73 Å². The fourth-order valence-corrected chi connectivity index (χ4v) is 3.28. The molecule has 5 nitrogen and oxygen atoms in total. The highest BCUT2D eigenvalue weighted by atomic mass is 35.5. The summed E-state index contributed by atoms with van der Waals surface area (Å²) in [5.74, 6) is 0.242. The molecule has 2 saturated carbocycles. The van der Waals surface area contributed by atoms with Crippen LogP contribution in [0.5, 0.6) is 0 Å². The molecule has 2 aliphatic carbocycles. The van der Waals surface area contributed by atoms with Gasteiger partial charge in [0, 0.05) is 11.6 Å². The maximum atomic E-state index is 12.5. The SMILES string of the molecule is CC(NC(=O)C1(N)CCCCC1)c1ccc(NC(=O)C2CC2)cc1.Cl. The predicted molar refractivity (Wildman–Crippen MR) is 102 cm³/mol. The molecule has 0 aromatic heterocycles. The smallest absolute Gasteiger partial charge is 0.240 e. The van der Waals surface area contributed by atoms with Gasteiger partial charge in [0.25, 0.3) is 0 Å². The molecule has 1 unspecified atom stereocenters. The van der Waals surface area contributed by atoms with E-state index in [1.165, 1.54) is 0 Å². The summed E-state index contributed by atoms with van der Waals surface area (Å²) in [7, 11) is 0. The van der Waals surface area contributed by atoms with Gasteiger partial charge >= 0.3 is 0 Å². The molecule has 0 radical (unpaired) electrons. The minimum Gasteiger partial charge on any atom is -0.348 e. The Hall–Kier alpha value is -1.59. The van der Waals surface area contributed by atoms with Gasteiger partial charge in [-0.1, -0.05) is 31.4 Å². The fraction of sp³-hybridized carbons (Fsp3) is 0.579. The lowest BCUT2D eigenvalue weighted by atomic mass is 9.81. The molecule has 0 spiro atoms. The highest BCUT2D eigenvalue weighted by Crippen LogP contribution is 2.30. The van der Waals surface area contributed by atoms with E-state index < -0.39 is 5.54 Å². The Balaban J connectivity index is 0.00000225. The van der Waals surface area contributed by atoms with E-state index in [2.05, 4.69) is 10.6 Å². The lowest BCUT2D eigenvalue weighted by Gasteiger charge is -2.33. The van der Waals surface area contributed by atoms with Gasteiger partial charge in [0.1, 0.15) is 0 Å². The first-order valence-corrected chi connectivity index (χ1v) is 8.99. The summed E-state index contributed by atoms with van der Waals surface area (Å²) in [5, 5.41) is 5.97. The summed E-state index contributed by atoms with van der Waals surface area (Å²) in [6, 6.07) is 7.55. The molecule has 1 atom stereocenters. The number of nitrogens with one attached hydrogen (secondary N) is 2. The van der Waals surface area contributed by atoms with Crippen molar-refractivity contribution >= 4 is 29.9 Å². The number of anilines is 1. The number of halogens is 1. The summed E-state index contributed by atoms with van der Waals surface area (Å²) >= 11 is 0. The molecular weight excluding hydrogens is 338 g/mol. The van der Waals surface area contributed by atoms with Crippen LogP contribution in [-0.4, -0.2) is 17.4 Å². The van der Waals surface area contributed by atoms with E-state index in [0.717, 1.165) is 56.2 Å². The zero-order chi connectivity index (χ0) is 17.2. The zero-order valence-electron chi connectivity index (χ0n) is 14.7. The van der Waals surface area contributed by atoms with Crippen LogP contribution in [0.15, 0.2) is 24.3 Å². The Morgan fingerprint density at radius 3 is 2.28 bits per heavy atom. The van der Waals surface area contributed by atoms with E-state index in [1.807, 2.05) is 31.2 Å². The van der Waals surface area contributed by atoms with Crippen molar-refractivity contribution in [3.8, 4) is 0 Å². The molecule has 0 bridgehead atoms.